The van der Waals surface area contributed by atoms with Gasteiger partial charge in [-0.05, 0) is 18.9 Å². The first-order valence-electron chi connectivity index (χ1n) is 5.24. The molecule has 1 unspecified atom stereocenters. The summed E-state index contributed by atoms with van der Waals surface area (Å²) in [4.78, 5) is 17.7. The maximum atomic E-state index is 12.2. The number of amides is 1. The average molecular weight is 285 g/mol. The highest BCUT2D eigenvalue weighted by atomic mass is 79.9. The second kappa shape index (κ2) is 4.82. The molecule has 1 aliphatic rings. The van der Waals surface area contributed by atoms with Crippen LogP contribution in [0.5, 0.6) is 5.75 Å². The zero-order valence-corrected chi connectivity index (χ0v) is 10.4. The number of carbonyl (C=O) groups is 1. The van der Waals surface area contributed by atoms with Gasteiger partial charge in [0.05, 0.1) is 11.8 Å². The lowest BCUT2D eigenvalue weighted by Gasteiger charge is -2.23. The van der Waals surface area contributed by atoms with Gasteiger partial charge in [0, 0.05) is 24.1 Å². The van der Waals surface area contributed by atoms with E-state index in [1.807, 2.05) is 4.90 Å². The lowest BCUT2D eigenvalue weighted by Crippen LogP contribution is -2.36. The largest absolute Gasteiger partial charge is 0.505 e. The minimum Gasteiger partial charge on any atom is -0.505 e. The third kappa shape index (κ3) is 2.04. The van der Waals surface area contributed by atoms with Crippen LogP contribution in [0.25, 0.3) is 0 Å². The summed E-state index contributed by atoms with van der Waals surface area (Å²) in [6, 6.07) is 1.79. The van der Waals surface area contributed by atoms with Crippen molar-refractivity contribution in [2.75, 3.05) is 11.9 Å². The van der Waals surface area contributed by atoms with Gasteiger partial charge in [0.2, 0.25) is 0 Å². The molecule has 1 aliphatic heterocycles. The fourth-order valence-corrected chi connectivity index (χ4v) is 2.66. The van der Waals surface area contributed by atoms with Crippen molar-refractivity contribution in [1.29, 1.82) is 0 Å². The Morgan fingerprint density at radius 3 is 3.19 bits per heavy atom. The van der Waals surface area contributed by atoms with Crippen molar-refractivity contribution in [2.45, 2.75) is 18.9 Å². The molecule has 1 amide bonds. The predicted octanol–water partition coefficient (Wildman–Crippen LogP) is 1.79. The first-order chi connectivity index (χ1) is 7.74. The predicted molar refractivity (Wildman–Crippen MR) is 63.8 cm³/mol. The number of aromatic nitrogens is 1. The molecule has 2 heterocycles. The van der Waals surface area contributed by atoms with Gasteiger partial charge in [-0.25, -0.2) is 0 Å². The van der Waals surface area contributed by atoms with Crippen LogP contribution in [0.2, 0.25) is 0 Å². The molecule has 5 heteroatoms. The molecular formula is C11H13BrN2O2. The fraction of sp³-hybridized carbons (Fsp3) is 0.455. The third-order valence-electron chi connectivity index (χ3n) is 2.85. The van der Waals surface area contributed by atoms with E-state index >= 15 is 0 Å². The molecule has 0 saturated carbocycles. The summed E-state index contributed by atoms with van der Waals surface area (Å²) < 4.78 is 0. The Bertz CT molecular complexity index is 397. The van der Waals surface area contributed by atoms with Crippen LogP contribution in [0.3, 0.4) is 0 Å². The molecule has 1 saturated heterocycles. The highest BCUT2D eigenvalue weighted by molar-refractivity contribution is 9.09. The Balaban J connectivity index is 2.22. The Labute approximate surface area is 102 Å². The molecule has 0 bridgehead atoms. The van der Waals surface area contributed by atoms with E-state index < -0.39 is 0 Å². The van der Waals surface area contributed by atoms with Gasteiger partial charge in [-0.3, -0.25) is 9.78 Å². The molecule has 1 N–H and O–H groups in total. The average Bonchev–Trinajstić information content (AvgIpc) is 2.77. The topological polar surface area (TPSA) is 53.4 Å². The highest BCUT2D eigenvalue weighted by Gasteiger charge is 2.29. The minimum absolute atomic E-state index is 0.0484. The first kappa shape index (κ1) is 11.4. The van der Waals surface area contributed by atoms with Crippen LogP contribution in [0.4, 0.5) is 0 Å². The number of hydrogen-bond donors (Lipinski definition) is 1. The fourth-order valence-electron chi connectivity index (χ4n) is 1.99. The number of likely N-dealkylation sites (tertiary alicyclic amines) is 1. The standard InChI is InChI=1S/C11H13BrN2O2/c12-6-8-2-1-5-14(8)11(16)9-3-4-13-7-10(9)15/h3-4,7-8,15H,1-2,5-6H2. The quantitative estimate of drug-likeness (QED) is 0.843. The first-order valence-corrected chi connectivity index (χ1v) is 6.36. The van der Waals surface area contributed by atoms with Gasteiger partial charge in [-0.2, -0.15) is 0 Å². The van der Waals surface area contributed by atoms with Crippen LogP contribution in [0.15, 0.2) is 18.5 Å². The summed E-state index contributed by atoms with van der Waals surface area (Å²) >= 11 is 3.41. The summed E-state index contributed by atoms with van der Waals surface area (Å²) in [5.74, 6) is -0.158. The molecule has 0 spiro atoms. The van der Waals surface area contributed by atoms with Crippen LogP contribution in [-0.4, -0.2) is 38.8 Å². The lowest BCUT2D eigenvalue weighted by atomic mass is 10.2. The molecule has 1 atom stereocenters. The number of nitrogens with zero attached hydrogens (tertiary/aromatic N) is 2. The van der Waals surface area contributed by atoms with Crippen molar-refractivity contribution in [3.05, 3.63) is 24.0 Å². The van der Waals surface area contributed by atoms with Crippen molar-refractivity contribution in [3.8, 4) is 5.75 Å². The molecular weight excluding hydrogens is 272 g/mol. The van der Waals surface area contributed by atoms with Gasteiger partial charge in [-0.1, -0.05) is 15.9 Å². The number of pyridine rings is 1. The van der Waals surface area contributed by atoms with E-state index in [1.54, 1.807) is 6.07 Å². The van der Waals surface area contributed by atoms with E-state index in [-0.39, 0.29) is 17.7 Å². The van der Waals surface area contributed by atoms with Gasteiger partial charge >= 0.3 is 0 Å². The number of alkyl halides is 1. The maximum Gasteiger partial charge on any atom is 0.258 e. The molecule has 0 aliphatic carbocycles. The maximum absolute atomic E-state index is 12.2. The Morgan fingerprint density at radius 1 is 1.69 bits per heavy atom. The number of carbonyl (C=O) groups excluding carboxylic acids is 1. The number of rotatable bonds is 2. The van der Waals surface area contributed by atoms with Crippen molar-refractivity contribution >= 4 is 21.8 Å². The zero-order valence-electron chi connectivity index (χ0n) is 8.77. The molecule has 1 aromatic heterocycles. The van der Waals surface area contributed by atoms with Crippen LogP contribution in [0, 0.1) is 0 Å². The van der Waals surface area contributed by atoms with Gasteiger partial charge < -0.3 is 10.0 Å². The van der Waals surface area contributed by atoms with Crippen LogP contribution in [0.1, 0.15) is 23.2 Å². The second-order valence-electron chi connectivity index (χ2n) is 3.84. The van der Waals surface area contributed by atoms with Crippen LogP contribution in [-0.2, 0) is 0 Å². The van der Waals surface area contributed by atoms with Crippen LogP contribution < -0.4 is 0 Å². The molecule has 4 nitrogen and oxygen atoms in total. The van der Waals surface area contributed by atoms with Crippen molar-refractivity contribution in [3.63, 3.8) is 0 Å². The molecule has 1 aromatic rings. The van der Waals surface area contributed by atoms with Crippen molar-refractivity contribution in [2.24, 2.45) is 0 Å². The monoisotopic (exact) mass is 284 g/mol. The highest BCUT2D eigenvalue weighted by Crippen LogP contribution is 2.24. The van der Waals surface area contributed by atoms with E-state index in [2.05, 4.69) is 20.9 Å². The van der Waals surface area contributed by atoms with E-state index in [9.17, 15) is 9.90 Å². The number of hydrogen-bond acceptors (Lipinski definition) is 3. The molecule has 86 valence electrons. The molecule has 0 radical (unpaired) electrons. The summed E-state index contributed by atoms with van der Waals surface area (Å²) in [5, 5.41) is 10.4. The van der Waals surface area contributed by atoms with Crippen molar-refractivity contribution < 1.29 is 9.90 Å². The van der Waals surface area contributed by atoms with Gasteiger partial charge in [0.15, 0.2) is 0 Å². The number of aromatic hydroxyl groups is 1. The Hall–Kier alpha value is -1.10. The SMILES string of the molecule is O=C(c1ccncc1O)N1CCCC1CBr. The smallest absolute Gasteiger partial charge is 0.258 e. The van der Waals surface area contributed by atoms with E-state index in [4.69, 9.17) is 0 Å². The summed E-state index contributed by atoms with van der Waals surface area (Å²) in [6.45, 7) is 0.761. The Kier molecular flexibility index (Phi) is 3.43. The van der Waals surface area contributed by atoms with Gasteiger partial charge in [0.25, 0.3) is 5.91 Å². The normalized spacial score (nSPS) is 20.1. The van der Waals surface area contributed by atoms with Gasteiger partial charge in [-0.15, -0.1) is 0 Å². The third-order valence-corrected chi connectivity index (χ3v) is 3.59. The summed E-state index contributed by atoms with van der Waals surface area (Å²) in [7, 11) is 0. The van der Waals surface area contributed by atoms with E-state index in [1.165, 1.54) is 12.4 Å². The molecule has 0 aromatic carbocycles. The summed E-state index contributed by atoms with van der Waals surface area (Å²) in [5.41, 5.74) is 0.336. The zero-order chi connectivity index (χ0) is 11.5. The minimum atomic E-state index is -0.109. The Morgan fingerprint density at radius 2 is 2.50 bits per heavy atom. The van der Waals surface area contributed by atoms with E-state index in [0.29, 0.717) is 5.56 Å². The van der Waals surface area contributed by atoms with E-state index in [0.717, 1.165) is 24.7 Å². The van der Waals surface area contributed by atoms with Crippen LogP contribution >= 0.6 is 15.9 Å². The second-order valence-corrected chi connectivity index (χ2v) is 4.49. The summed E-state index contributed by atoms with van der Waals surface area (Å²) in [6.07, 6.45) is 4.86. The van der Waals surface area contributed by atoms with Crippen molar-refractivity contribution in [1.82, 2.24) is 9.88 Å². The lowest BCUT2D eigenvalue weighted by molar-refractivity contribution is 0.0747. The molecule has 16 heavy (non-hydrogen) atoms. The molecule has 1 fully saturated rings. The number of halogens is 1. The van der Waals surface area contributed by atoms with Gasteiger partial charge in [0.1, 0.15) is 5.75 Å². The molecule has 2 rings (SSSR count).